The molecule has 1 heterocycles. The summed E-state index contributed by atoms with van der Waals surface area (Å²) < 4.78 is 18.6. The van der Waals surface area contributed by atoms with Crippen molar-refractivity contribution in [3.8, 4) is 11.3 Å². The summed E-state index contributed by atoms with van der Waals surface area (Å²) in [7, 11) is 0. The Hall–Kier alpha value is -2.66. The second-order valence-corrected chi connectivity index (χ2v) is 5.99. The van der Waals surface area contributed by atoms with E-state index in [0.29, 0.717) is 17.9 Å². The third-order valence-electron chi connectivity index (χ3n) is 4.09. The maximum atomic E-state index is 13.2. The average molecular weight is 343 g/mol. The van der Waals surface area contributed by atoms with Crippen LogP contribution in [0.5, 0.6) is 0 Å². The molecule has 0 aliphatic heterocycles. The van der Waals surface area contributed by atoms with Gasteiger partial charge in [-0.25, -0.2) is 4.39 Å². The highest BCUT2D eigenvalue weighted by molar-refractivity contribution is 6.31. The molecule has 1 N–H and O–H groups in total. The molecule has 6 heteroatoms. The summed E-state index contributed by atoms with van der Waals surface area (Å²) in [4.78, 5) is 12.5. The lowest BCUT2D eigenvalue weighted by Gasteiger charge is -2.14. The zero-order valence-electron chi connectivity index (χ0n) is 12.5. The summed E-state index contributed by atoms with van der Waals surface area (Å²) in [6.07, 6.45) is 1.51. The van der Waals surface area contributed by atoms with Crippen LogP contribution in [-0.2, 0) is 12.8 Å². The summed E-state index contributed by atoms with van der Waals surface area (Å²) in [5.74, 6) is -0.300. The molecule has 120 valence electrons. The van der Waals surface area contributed by atoms with E-state index in [9.17, 15) is 9.18 Å². The van der Waals surface area contributed by atoms with E-state index in [1.54, 1.807) is 0 Å². The number of anilines is 1. The van der Waals surface area contributed by atoms with Gasteiger partial charge in [-0.1, -0.05) is 41.0 Å². The van der Waals surface area contributed by atoms with Gasteiger partial charge in [0.15, 0.2) is 11.5 Å². The highest BCUT2D eigenvalue weighted by atomic mass is 35.5. The van der Waals surface area contributed by atoms with Crippen molar-refractivity contribution in [2.45, 2.75) is 12.8 Å². The van der Waals surface area contributed by atoms with E-state index in [1.165, 1.54) is 23.8 Å². The summed E-state index contributed by atoms with van der Waals surface area (Å²) in [5, 5.41) is 6.56. The van der Waals surface area contributed by atoms with Crippen LogP contribution in [0.4, 0.5) is 10.1 Å². The van der Waals surface area contributed by atoms with Gasteiger partial charge < -0.3 is 9.84 Å². The summed E-state index contributed by atoms with van der Waals surface area (Å²) >= 11 is 5.73. The zero-order chi connectivity index (χ0) is 16.7. The molecule has 1 amide bonds. The van der Waals surface area contributed by atoms with E-state index in [-0.39, 0.29) is 10.7 Å². The largest absolute Gasteiger partial charge is 0.355 e. The predicted molar refractivity (Wildman–Crippen MR) is 88.7 cm³/mol. The average Bonchev–Trinajstić information content (AvgIpc) is 3.03. The van der Waals surface area contributed by atoms with Crippen LogP contribution in [0.1, 0.15) is 21.6 Å². The van der Waals surface area contributed by atoms with Gasteiger partial charge in [-0.05, 0) is 36.6 Å². The fourth-order valence-corrected chi connectivity index (χ4v) is 3.10. The van der Waals surface area contributed by atoms with Gasteiger partial charge in [0.25, 0.3) is 5.91 Å². The van der Waals surface area contributed by atoms with Gasteiger partial charge >= 0.3 is 0 Å². The fourth-order valence-electron chi connectivity index (χ4n) is 2.91. The van der Waals surface area contributed by atoms with Crippen LogP contribution in [0, 0.1) is 5.82 Å². The van der Waals surface area contributed by atoms with Crippen LogP contribution >= 0.6 is 11.6 Å². The Morgan fingerprint density at radius 3 is 2.88 bits per heavy atom. The lowest BCUT2D eigenvalue weighted by Crippen LogP contribution is -2.15. The molecular weight excluding hydrogens is 331 g/mol. The number of nitrogens with one attached hydrogen (secondary N) is 1. The van der Waals surface area contributed by atoms with Crippen LogP contribution in [0.15, 0.2) is 47.0 Å². The first-order valence-corrected chi connectivity index (χ1v) is 7.84. The van der Waals surface area contributed by atoms with Crippen molar-refractivity contribution in [1.29, 1.82) is 0 Å². The Balaban J connectivity index is 1.65. The Kier molecular flexibility index (Phi) is 3.58. The molecule has 24 heavy (non-hydrogen) atoms. The van der Waals surface area contributed by atoms with Crippen molar-refractivity contribution < 1.29 is 13.7 Å². The standard InChI is InChI=1S/C18H12ClFN2O2/c19-14-9-11(6-8-15(14)20)21-18(23)16-13-7-5-10-3-1-2-4-12(10)17(13)24-22-16/h1-4,6,8-9H,5,7H2,(H,21,23). The first-order chi connectivity index (χ1) is 11.6. The van der Waals surface area contributed by atoms with E-state index in [0.717, 1.165) is 17.5 Å². The normalized spacial score (nSPS) is 12.4. The number of carbonyl (C=O) groups excluding carboxylic acids is 1. The first kappa shape index (κ1) is 14.9. The second-order valence-electron chi connectivity index (χ2n) is 5.58. The molecule has 0 atom stereocenters. The zero-order valence-corrected chi connectivity index (χ0v) is 13.2. The Labute approximate surface area is 142 Å². The highest BCUT2D eigenvalue weighted by Gasteiger charge is 2.27. The molecule has 0 radical (unpaired) electrons. The van der Waals surface area contributed by atoms with E-state index < -0.39 is 11.7 Å². The Bertz CT molecular complexity index is 952. The predicted octanol–water partition coefficient (Wildman–Crippen LogP) is 4.49. The molecule has 2 aromatic carbocycles. The maximum absolute atomic E-state index is 13.2. The SMILES string of the molecule is O=C(Nc1ccc(F)c(Cl)c1)c1noc2c1CCc1ccccc1-2. The molecule has 0 spiro atoms. The Morgan fingerprint density at radius 2 is 2.04 bits per heavy atom. The van der Waals surface area contributed by atoms with E-state index in [4.69, 9.17) is 16.1 Å². The molecule has 1 aliphatic carbocycles. The molecule has 1 aliphatic rings. The molecule has 0 fully saturated rings. The molecule has 0 saturated carbocycles. The van der Waals surface area contributed by atoms with Crippen LogP contribution in [-0.4, -0.2) is 11.1 Å². The number of nitrogens with zero attached hydrogens (tertiary/aromatic N) is 1. The van der Waals surface area contributed by atoms with Crippen LogP contribution < -0.4 is 5.32 Å². The van der Waals surface area contributed by atoms with Crippen molar-refractivity contribution in [3.05, 3.63) is 70.1 Å². The molecular formula is C18H12ClFN2O2. The minimum Gasteiger partial charge on any atom is -0.355 e. The van der Waals surface area contributed by atoms with Crippen molar-refractivity contribution in [1.82, 2.24) is 5.16 Å². The topological polar surface area (TPSA) is 55.1 Å². The lowest BCUT2D eigenvalue weighted by atomic mass is 9.89. The molecule has 4 nitrogen and oxygen atoms in total. The van der Waals surface area contributed by atoms with Crippen LogP contribution in [0.2, 0.25) is 5.02 Å². The molecule has 0 saturated heterocycles. The van der Waals surface area contributed by atoms with Crippen LogP contribution in [0.25, 0.3) is 11.3 Å². The van der Waals surface area contributed by atoms with Gasteiger partial charge in [-0.15, -0.1) is 0 Å². The van der Waals surface area contributed by atoms with E-state index in [2.05, 4.69) is 10.5 Å². The highest BCUT2D eigenvalue weighted by Crippen LogP contribution is 2.35. The molecule has 0 bridgehead atoms. The molecule has 3 aromatic rings. The fraction of sp³-hybridized carbons (Fsp3) is 0.111. The van der Waals surface area contributed by atoms with Gasteiger partial charge in [-0.2, -0.15) is 0 Å². The number of hydrogen-bond acceptors (Lipinski definition) is 3. The molecule has 4 rings (SSSR count). The number of hydrogen-bond donors (Lipinski definition) is 1. The van der Waals surface area contributed by atoms with Crippen LogP contribution in [0.3, 0.4) is 0 Å². The third kappa shape index (κ3) is 2.47. The number of rotatable bonds is 2. The van der Waals surface area contributed by atoms with E-state index >= 15 is 0 Å². The minimum absolute atomic E-state index is 0.0519. The van der Waals surface area contributed by atoms with Gasteiger partial charge in [0.05, 0.1) is 5.02 Å². The van der Waals surface area contributed by atoms with Gasteiger partial charge in [0.2, 0.25) is 0 Å². The first-order valence-electron chi connectivity index (χ1n) is 7.46. The monoisotopic (exact) mass is 342 g/mol. The summed E-state index contributed by atoms with van der Waals surface area (Å²) in [6, 6.07) is 11.9. The molecule has 0 unspecified atom stereocenters. The lowest BCUT2D eigenvalue weighted by molar-refractivity contribution is 0.101. The van der Waals surface area contributed by atoms with Gasteiger partial charge in [0, 0.05) is 16.8 Å². The maximum Gasteiger partial charge on any atom is 0.278 e. The summed E-state index contributed by atoms with van der Waals surface area (Å²) in [6.45, 7) is 0. The Morgan fingerprint density at radius 1 is 1.21 bits per heavy atom. The number of amides is 1. The van der Waals surface area contributed by atoms with Crippen molar-refractivity contribution in [2.75, 3.05) is 5.32 Å². The molecule has 1 aromatic heterocycles. The van der Waals surface area contributed by atoms with Gasteiger partial charge in [-0.3, -0.25) is 4.79 Å². The van der Waals surface area contributed by atoms with Gasteiger partial charge in [0.1, 0.15) is 5.82 Å². The quantitative estimate of drug-likeness (QED) is 0.746. The number of fused-ring (bicyclic) bond motifs is 3. The minimum atomic E-state index is -0.537. The summed E-state index contributed by atoms with van der Waals surface area (Å²) in [5.41, 5.74) is 3.59. The number of benzene rings is 2. The van der Waals surface area contributed by atoms with Crippen molar-refractivity contribution in [3.63, 3.8) is 0 Å². The van der Waals surface area contributed by atoms with Crippen molar-refractivity contribution in [2.24, 2.45) is 0 Å². The number of aromatic nitrogens is 1. The number of halogens is 2. The smallest absolute Gasteiger partial charge is 0.278 e. The third-order valence-corrected chi connectivity index (χ3v) is 4.38. The van der Waals surface area contributed by atoms with E-state index in [1.807, 2.05) is 24.3 Å². The van der Waals surface area contributed by atoms with Crippen molar-refractivity contribution >= 4 is 23.2 Å². The number of carbonyl (C=O) groups is 1. The number of aryl methyl sites for hydroxylation is 1. The second kappa shape index (κ2) is 5.76.